The molecule has 1 atom stereocenters. The van der Waals surface area contributed by atoms with Crippen LogP contribution in [0.5, 0.6) is 0 Å². The Balaban J connectivity index is 2.20. The number of hydrogen-bond donors (Lipinski definition) is 2. The molecule has 0 radical (unpaired) electrons. The summed E-state index contributed by atoms with van der Waals surface area (Å²) in [7, 11) is 0. The lowest BCUT2D eigenvalue weighted by atomic mass is 9.98. The Bertz CT molecular complexity index is 532. The first kappa shape index (κ1) is 14.1. The lowest BCUT2D eigenvalue weighted by Gasteiger charge is -2.24. The highest BCUT2D eigenvalue weighted by molar-refractivity contribution is 7.99. The number of carbonyl (C=O) groups is 2. The Hall–Kier alpha value is -1.27. The van der Waals surface area contributed by atoms with Crippen LogP contribution in [-0.4, -0.2) is 34.0 Å². The summed E-state index contributed by atoms with van der Waals surface area (Å²) in [6.07, 6.45) is 0.356. The van der Waals surface area contributed by atoms with Crippen LogP contribution in [0.25, 0.3) is 0 Å². The van der Waals surface area contributed by atoms with E-state index in [2.05, 4.69) is 5.32 Å². The van der Waals surface area contributed by atoms with E-state index in [4.69, 9.17) is 11.6 Å². The normalized spacial score (nSPS) is 22.2. The molecule has 1 aliphatic rings. The lowest BCUT2D eigenvalue weighted by Crippen LogP contribution is -2.54. The van der Waals surface area contributed by atoms with Gasteiger partial charge in [-0.15, -0.1) is 0 Å². The number of halogens is 2. The molecular formula is C12H11ClFNO3S. The molecule has 1 unspecified atom stereocenters. The Morgan fingerprint density at radius 1 is 1.47 bits per heavy atom. The second kappa shape index (κ2) is 5.38. The molecule has 0 aliphatic carbocycles. The van der Waals surface area contributed by atoms with Gasteiger partial charge in [-0.05, 0) is 30.4 Å². The molecule has 19 heavy (non-hydrogen) atoms. The molecule has 1 saturated heterocycles. The topological polar surface area (TPSA) is 66.4 Å². The molecule has 1 amide bonds. The number of amides is 1. The van der Waals surface area contributed by atoms with E-state index in [1.54, 1.807) is 0 Å². The van der Waals surface area contributed by atoms with E-state index in [0.717, 1.165) is 6.07 Å². The van der Waals surface area contributed by atoms with Crippen molar-refractivity contribution < 1.29 is 19.1 Å². The van der Waals surface area contributed by atoms with Crippen LogP contribution < -0.4 is 5.32 Å². The van der Waals surface area contributed by atoms with E-state index in [9.17, 15) is 19.1 Å². The van der Waals surface area contributed by atoms with E-state index in [1.807, 2.05) is 0 Å². The minimum Gasteiger partial charge on any atom is -0.479 e. The summed E-state index contributed by atoms with van der Waals surface area (Å²) in [5.74, 6) is -1.41. The van der Waals surface area contributed by atoms with E-state index >= 15 is 0 Å². The van der Waals surface area contributed by atoms with E-state index in [-0.39, 0.29) is 10.6 Å². The molecule has 0 spiro atoms. The highest BCUT2D eigenvalue weighted by atomic mass is 35.5. The highest BCUT2D eigenvalue weighted by Gasteiger charge is 2.43. The first-order chi connectivity index (χ1) is 8.94. The minimum absolute atomic E-state index is 0.0550. The average molecular weight is 304 g/mol. The molecule has 1 fully saturated rings. The maximum Gasteiger partial charge on any atom is 0.330 e. The molecule has 1 aliphatic heterocycles. The van der Waals surface area contributed by atoms with Gasteiger partial charge in [0.05, 0.1) is 5.02 Å². The maximum atomic E-state index is 13.3. The summed E-state index contributed by atoms with van der Waals surface area (Å²) in [6.45, 7) is 0. The van der Waals surface area contributed by atoms with Crippen molar-refractivity contribution in [2.24, 2.45) is 0 Å². The smallest absolute Gasteiger partial charge is 0.330 e. The minimum atomic E-state index is -1.27. The number of hydrogen-bond acceptors (Lipinski definition) is 3. The molecule has 0 aromatic heterocycles. The molecule has 1 aromatic carbocycles. The number of benzene rings is 1. The second-order valence-corrected chi connectivity index (χ2v) is 5.79. The van der Waals surface area contributed by atoms with Gasteiger partial charge < -0.3 is 10.4 Å². The summed E-state index contributed by atoms with van der Waals surface area (Å²) < 4.78 is 13.3. The Morgan fingerprint density at radius 3 is 2.74 bits per heavy atom. The zero-order chi connectivity index (χ0) is 14.0. The van der Waals surface area contributed by atoms with E-state index < -0.39 is 23.2 Å². The molecule has 2 N–H and O–H groups in total. The third-order valence-electron chi connectivity index (χ3n) is 2.97. The van der Waals surface area contributed by atoms with Crippen LogP contribution >= 0.6 is 23.4 Å². The van der Waals surface area contributed by atoms with Crippen molar-refractivity contribution in [2.45, 2.75) is 12.0 Å². The zero-order valence-corrected chi connectivity index (χ0v) is 11.4. The van der Waals surface area contributed by atoms with Crippen molar-refractivity contribution in [1.29, 1.82) is 0 Å². The monoisotopic (exact) mass is 303 g/mol. The Kier molecular flexibility index (Phi) is 4.01. The molecule has 2 rings (SSSR count). The van der Waals surface area contributed by atoms with Gasteiger partial charge in [-0.1, -0.05) is 11.6 Å². The zero-order valence-electron chi connectivity index (χ0n) is 9.78. The fraction of sp³-hybridized carbons (Fsp3) is 0.333. The van der Waals surface area contributed by atoms with Gasteiger partial charge in [0.2, 0.25) is 0 Å². The number of thioether (sulfide) groups is 1. The summed E-state index contributed by atoms with van der Waals surface area (Å²) in [6, 6.07) is 3.62. The van der Waals surface area contributed by atoms with Gasteiger partial charge in [0.15, 0.2) is 0 Å². The van der Waals surface area contributed by atoms with Crippen LogP contribution in [0.15, 0.2) is 18.2 Å². The summed E-state index contributed by atoms with van der Waals surface area (Å²) >= 11 is 6.99. The predicted octanol–water partition coefficient (Wildman–Crippen LogP) is 2.17. The number of carboxylic acid groups (broad SMARTS) is 1. The van der Waals surface area contributed by atoms with Crippen LogP contribution in [0.4, 0.5) is 4.39 Å². The highest BCUT2D eigenvalue weighted by Crippen LogP contribution is 2.28. The summed E-state index contributed by atoms with van der Waals surface area (Å²) in [5, 5.41) is 11.6. The number of carbonyl (C=O) groups excluding carboxylic acids is 1. The van der Waals surface area contributed by atoms with Gasteiger partial charge in [0.25, 0.3) is 5.91 Å². The molecule has 0 bridgehead atoms. The standard InChI is InChI=1S/C12H11ClFNO3S/c13-8-2-1-7(5-9(8)14)10(16)15-12(11(17)18)3-4-19-6-12/h1-2,5H,3-4,6H2,(H,15,16)(H,17,18). The van der Waals surface area contributed by atoms with Crippen LogP contribution in [0.3, 0.4) is 0 Å². The molecule has 1 aromatic rings. The average Bonchev–Trinajstić information content (AvgIpc) is 2.82. The largest absolute Gasteiger partial charge is 0.479 e. The third kappa shape index (κ3) is 2.84. The Morgan fingerprint density at radius 2 is 2.21 bits per heavy atom. The molecule has 102 valence electrons. The van der Waals surface area contributed by atoms with Gasteiger partial charge in [-0.25, -0.2) is 9.18 Å². The molecule has 1 heterocycles. The van der Waals surface area contributed by atoms with Crippen molar-refractivity contribution in [3.05, 3.63) is 34.6 Å². The van der Waals surface area contributed by atoms with Crippen molar-refractivity contribution >= 4 is 35.2 Å². The summed E-state index contributed by atoms with van der Waals surface area (Å²) in [5.41, 5.74) is -1.21. The number of nitrogens with one attached hydrogen (secondary N) is 1. The molecule has 7 heteroatoms. The van der Waals surface area contributed by atoms with Crippen LogP contribution in [0.2, 0.25) is 5.02 Å². The van der Waals surface area contributed by atoms with Crippen molar-refractivity contribution in [1.82, 2.24) is 5.32 Å². The molecule has 0 saturated carbocycles. The number of aliphatic carboxylic acids is 1. The van der Waals surface area contributed by atoms with Crippen LogP contribution in [-0.2, 0) is 4.79 Å². The van der Waals surface area contributed by atoms with E-state index in [1.165, 1.54) is 23.9 Å². The fourth-order valence-electron chi connectivity index (χ4n) is 1.81. The van der Waals surface area contributed by atoms with E-state index in [0.29, 0.717) is 17.9 Å². The number of rotatable bonds is 3. The molecule has 4 nitrogen and oxygen atoms in total. The first-order valence-electron chi connectivity index (χ1n) is 5.53. The lowest BCUT2D eigenvalue weighted by molar-refractivity contribution is -0.143. The number of carboxylic acids is 1. The maximum absolute atomic E-state index is 13.3. The fourth-order valence-corrected chi connectivity index (χ4v) is 3.26. The van der Waals surface area contributed by atoms with Crippen molar-refractivity contribution in [2.75, 3.05) is 11.5 Å². The predicted molar refractivity (Wildman–Crippen MR) is 71.2 cm³/mol. The Labute approximate surface area is 118 Å². The van der Waals surface area contributed by atoms with Gasteiger partial charge in [0.1, 0.15) is 11.4 Å². The third-order valence-corrected chi connectivity index (χ3v) is 4.46. The van der Waals surface area contributed by atoms with Gasteiger partial charge in [0, 0.05) is 11.3 Å². The van der Waals surface area contributed by atoms with Crippen LogP contribution in [0, 0.1) is 5.82 Å². The second-order valence-electron chi connectivity index (χ2n) is 4.27. The quantitative estimate of drug-likeness (QED) is 0.898. The van der Waals surface area contributed by atoms with Gasteiger partial charge >= 0.3 is 5.97 Å². The summed E-state index contributed by atoms with van der Waals surface area (Å²) in [4.78, 5) is 23.3. The van der Waals surface area contributed by atoms with Gasteiger partial charge in [-0.2, -0.15) is 11.8 Å². The van der Waals surface area contributed by atoms with Crippen LogP contribution in [0.1, 0.15) is 16.8 Å². The molecular weight excluding hydrogens is 293 g/mol. The SMILES string of the molecule is O=C(NC1(C(=O)O)CCSC1)c1ccc(Cl)c(F)c1. The van der Waals surface area contributed by atoms with Gasteiger partial charge in [-0.3, -0.25) is 4.79 Å². The van der Waals surface area contributed by atoms with Crippen molar-refractivity contribution in [3.8, 4) is 0 Å². The van der Waals surface area contributed by atoms with Crippen molar-refractivity contribution in [3.63, 3.8) is 0 Å². The first-order valence-corrected chi connectivity index (χ1v) is 7.06.